The zero-order valence-electron chi connectivity index (χ0n) is 11.0. The molecule has 3 rings (SSSR count). The molecule has 0 aromatic carbocycles. The lowest BCUT2D eigenvalue weighted by molar-refractivity contribution is -0.00600. The Morgan fingerprint density at radius 3 is 2.29 bits per heavy atom. The van der Waals surface area contributed by atoms with Crippen LogP contribution in [0.2, 0.25) is 0 Å². The highest BCUT2D eigenvalue weighted by molar-refractivity contribution is 7.99. The third-order valence-electron chi connectivity index (χ3n) is 5.00. The SMILES string of the molecule is CNC1CC2CCCC(C1)N2C1CCCSC1. The summed E-state index contributed by atoms with van der Waals surface area (Å²) >= 11 is 2.18. The molecule has 17 heavy (non-hydrogen) atoms. The molecule has 3 aliphatic heterocycles. The molecule has 3 unspecified atom stereocenters. The van der Waals surface area contributed by atoms with Gasteiger partial charge in [-0.25, -0.2) is 0 Å². The number of nitrogens with one attached hydrogen (secondary N) is 1. The first kappa shape index (κ1) is 12.3. The minimum atomic E-state index is 0.790. The van der Waals surface area contributed by atoms with Crippen LogP contribution in [0.4, 0.5) is 0 Å². The van der Waals surface area contributed by atoms with E-state index >= 15 is 0 Å². The fraction of sp³-hybridized carbons (Fsp3) is 1.00. The molecular formula is C14H26N2S. The maximum absolute atomic E-state index is 3.52. The van der Waals surface area contributed by atoms with Crippen molar-refractivity contribution in [1.29, 1.82) is 0 Å². The molecule has 3 fully saturated rings. The minimum absolute atomic E-state index is 0.790. The van der Waals surface area contributed by atoms with E-state index in [9.17, 15) is 0 Å². The van der Waals surface area contributed by atoms with Gasteiger partial charge in [-0.3, -0.25) is 4.90 Å². The van der Waals surface area contributed by atoms with Crippen LogP contribution in [0.1, 0.15) is 44.9 Å². The van der Waals surface area contributed by atoms with Crippen LogP contribution < -0.4 is 5.32 Å². The number of rotatable bonds is 2. The van der Waals surface area contributed by atoms with Crippen LogP contribution in [0.25, 0.3) is 0 Å². The Kier molecular flexibility index (Phi) is 3.98. The Labute approximate surface area is 110 Å². The molecule has 0 saturated carbocycles. The van der Waals surface area contributed by atoms with Gasteiger partial charge in [-0.1, -0.05) is 6.42 Å². The smallest absolute Gasteiger partial charge is 0.0192 e. The summed E-state index contributed by atoms with van der Waals surface area (Å²) in [5, 5.41) is 3.52. The van der Waals surface area contributed by atoms with Gasteiger partial charge in [-0.2, -0.15) is 11.8 Å². The van der Waals surface area contributed by atoms with Crippen LogP contribution in [0.3, 0.4) is 0 Å². The number of piperidine rings is 2. The van der Waals surface area contributed by atoms with Gasteiger partial charge >= 0.3 is 0 Å². The van der Waals surface area contributed by atoms with Gasteiger partial charge in [0.05, 0.1) is 0 Å². The molecule has 3 saturated heterocycles. The lowest BCUT2D eigenvalue weighted by Gasteiger charge is -2.53. The quantitative estimate of drug-likeness (QED) is 0.815. The van der Waals surface area contributed by atoms with Crippen LogP contribution in [-0.2, 0) is 0 Å². The van der Waals surface area contributed by atoms with E-state index in [-0.39, 0.29) is 0 Å². The van der Waals surface area contributed by atoms with E-state index in [1.165, 1.54) is 56.5 Å². The van der Waals surface area contributed by atoms with E-state index in [0.29, 0.717) is 0 Å². The zero-order chi connectivity index (χ0) is 11.7. The second-order valence-electron chi connectivity index (χ2n) is 6.01. The van der Waals surface area contributed by atoms with Gasteiger partial charge in [0.2, 0.25) is 0 Å². The van der Waals surface area contributed by atoms with Gasteiger partial charge in [0.15, 0.2) is 0 Å². The summed E-state index contributed by atoms with van der Waals surface area (Å²) in [5.74, 6) is 2.80. The standard InChI is InChI=1S/C14H26N2S/c1-15-11-8-12-4-2-5-13(9-11)16(12)14-6-3-7-17-10-14/h11-15H,2-10H2,1H3. The number of thioether (sulfide) groups is 1. The second-order valence-corrected chi connectivity index (χ2v) is 7.16. The molecule has 0 spiro atoms. The average molecular weight is 254 g/mol. The third-order valence-corrected chi connectivity index (χ3v) is 6.20. The summed E-state index contributed by atoms with van der Waals surface area (Å²) in [5.41, 5.74) is 0. The highest BCUT2D eigenvalue weighted by Crippen LogP contribution is 2.38. The van der Waals surface area contributed by atoms with Gasteiger partial charge in [0.25, 0.3) is 0 Å². The van der Waals surface area contributed by atoms with E-state index in [0.717, 1.165) is 24.2 Å². The summed E-state index contributed by atoms with van der Waals surface area (Å²) in [6, 6.07) is 3.48. The molecule has 2 bridgehead atoms. The van der Waals surface area contributed by atoms with Crippen molar-refractivity contribution in [2.24, 2.45) is 0 Å². The summed E-state index contributed by atoms with van der Waals surface area (Å²) in [6.07, 6.45) is 10.1. The molecule has 1 N–H and O–H groups in total. The van der Waals surface area contributed by atoms with Crippen LogP contribution >= 0.6 is 11.8 Å². The number of hydrogen-bond donors (Lipinski definition) is 1. The van der Waals surface area contributed by atoms with Crippen molar-refractivity contribution in [2.45, 2.75) is 69.1 Å². The van der Waals surface area contributed by atoms with E-state index in [1.807, 2.05) is 0 Å². The molecule has 3 aliphatic rings. The molecular weight excluding hydrogens is 228 g/mol. The first-order valence-electron chi connectivity index (χ1n) is 7.41. The maximum Gasteiger partial charge on any atom is 0.0192 e. The maximum atomic E-state index is 3.52. The molecule has 0 radical (unpaired) electrons. The minimum Gasteiger partial charge on any atom is -0.317 e. The third kappa shape index (κ3) is 2.52. The molecule has 98 valence electrons. The Morgan fingerprint density at radius 1 is 1.00 bits per heavy atom. The van der Waals surface area contributed by atoms with Crippen molar-refractivity contribution in [3.63, 3.8) is 0 Å². The average Bonchev–Trinajstić information content (AvgIpc) is 2.38. The summed E-state index contributed by atoms with van der Waals surface area (Å²) in [6.45, 7) is 0. The van der Waals surface area contributed by atoms with Crippen molar-refractivity contribution >= 4 is 11.8 Å². The van der Waals surface area contributed by atoms with Gasteiger partial charge in [-0.05, 0) is 51.3 Å². The summed E-state index contributed by atoms with van der Waals surface area (Å²) in [7, 11) is 2.15. The molecule has 0 aromatic rings. The number of nitrogens with zero attached hydrogens (tertiary/aromatic N) is 1. The van der Waals surface area contributed by atoms with E-state index in [1.54, 1.807) is 0 Å². The van der Waals surface area contributed by atoms with Crippen molar-refractivity contribution in [1.82, 2.24) is 10.2 Å². The summed E-state index contributed by atoms with van der Waals surface area (Å²) in [4.78, 5) is 2.95. The van der Waals surface area contributed by atoms with Gasteiger partial charge in [-0.15, -0.1) is 0 Å². The van der Waals surface area contributed by atoms with Crippen LogP contribution in [-0.4, -0.2) is 47.6 Å². The lowest BCUT2D eigenvalue weighted by Crippen LogP contribution is -2.60. The van der Waals surface area contributed by atoms with Gasteiger partial charge < -0.3 is 5.32 Å². The Hall–Kier alpha value is 0.270. The Balaban J connectivity index is 1.70. The van der Waals surface area contributed by atoms with E-state index < -0.39 is 0 Å². The van der Waals surface area contributed by atoms with Crippen LogP contribution in [0.5, 0.6) is 0 Å². The zero-order valence-corrected chi connectivity index (χ0v) is 11.8. The van der Waals surface area contributed by atoms with E-state index in [4.69, 9.17) is 0 Å². The fourth-order valence-corrected chi connectivity index (χ4v) is 5.36. The van der Waals surface area contributed by atoms with Crippen molar-refractivity contribution in [3.05, 3.63) is 0 Å². The number of hydrogen-bond acceptors (Lipinski definition) is 3. The molecule has 2 nitrogen and oxygen atoms in total. The lowest BCUT2D eigenvalue weighted by atomic mass is 9.80. The fourth-order valence-electron chi connectivity index (χ4n) is 4.21. The van der Waals surface area contributed by atoms with Crippen molar-refractivity contribution in [3.8, 4) is 0 Å². The van der Waals surface area contributed by atoms with E-state index in [2.05, 4.69) is 29.0 Å². The first-order valence-corrected chi connectivity index (χ1v) is 8.56. The predicted octanol–water partition coefficient (Wildman–Crippen LogP) is 2.49. The van der Waals surface area contributed by atoms with Crippen molar-refractivity contribution < 1.29 is 0 Å². The molecule has 0 aromatic heterocycles. The Bertz CT molecular complexity index is 239. The van der Waals surface area contributed by atoms with Crippen LogP contribution in [0.15, 0.2) is 0 Å². The normalized spacial score (nSPS) is 43.6. The molecule has 3 atom stereocenters. The Morgan fingerprint density at radius 2 is 1.71 bits per heavy atom. The van der Waals surface area contributed by atoms with Gasteiger partial charge in [0, 0.05) is 29.9 Å². The topological polar surface area (TPSA) is 15.3 Å². The van der Waals surface area contributed by atoms with Gasteiger partial charge in [0.1, 0.15) is 0 Å². The molecule has 3 heteroatoms. The highest BCUT2D eigenvalue weighted by atomic mass is 32.2. The predicted molar refractivity (Wildman–Crippen MR) is 75.7 cm³/mol. The second kappa shape index (κ2) is 5.50. The number of fused-ring (bicyclic) bond motifs is 2. The monoisotopic (exact) mass is 254 g/mol. The largest absolute Gasteiger partial charge is 0.317 e. The van der Waals surface area contributed by atoms with Crippen LogP contribution in [0, 0.1) is 0 Å². The molecule has 0 amide bonds. The highest BCUT2D eigenvalue weighted by Gasteiger charge is 2.41. The molecule has 3 heterocycles. The molecule has 0 aliphatic carbocycles. The summed E-state index contributed by atoms with van der Waals surface area (Å²) < 4.78 is 0. The first-order chi connectivity index (χ1) is 8.38. The van der Waals surface area contributed by atoms with Crippen molar-refractivity contribution in [2.75, 3.05) is 18.6 Å².